The van der Waals surface area contributed by atoms with E-state index in [1.807, 2.05) is 5.32 Å². The number of aliphatic hydroxyl groups excluding tert-OH is 1. The summed E-state index contributed by atoms with van der Waals surface area (Å²) in [5, 5.41) is 29.4. The van der Waals surface area contributed by atoms with Crippen molar-refractivity contribution in [1.82, 2.24) is 26.6 Å². The van der Waals surface area contributed by atoms with Crippen LogP contribution in [0.15, 0.2) is 0 Å². The van der Waals surface area contributed by atoms with Gasteiger partial charge < -0.3 is 54.0 Å². The molecule has 0 aliphatic heterocycles. The van der Waals surface area contributed by atoms with Crippen molar-refractivity contribution in [2.24, 2.45) is 17.2 Å². The first-order valence-corrected chi connectivity index (χ1v) is 11.3. The van der Waals surface area contributed by atoms with Gasteiger partial charge in [0, 0.05) is 12.8 Å². The van der Waals surface area contributed by atoms with E-state index in [9.17, 15) is 43.5 Å². The predicted molar refractivity (Wildman–Crippen MR) is 127 cm³/mol. The fourth-order valence-corrected chi connectivity index (χ4v) is 2.68. The molecule has 0 saturated carbocycles. The molecular formula is C20H34N8O10. The van der Waals surface area contributed by atoms with Crippen molar-refractivity contribution in [2.45, 2.75) is 56.8 Å². The van der Waals surface area contributed by atoms with Crippen molar-refractivity contribution in [3.63, 3.8) is 0 Å². The highest BCUT2D eigenvalue weighted by Gasteiger charge is 2.27. The van der Waals surface area contributed by atoms with Crippen LogP contribution in [-0.2, 0) is 38.4 Å². The summed E-state index contributed by atoms with van der Waals surface area (Å²) in [4.78, 5) is 93.7. The van der Waals surface area contributed by atoms with Gasteiger partial charge in [0.05, 0.1) is 25.7 Å². The summed E-state index contributed by atoms with van der Waals surface area (Å²) in [5.41, 5.74) is 15.4. The number of carbonyl (C=O) groups excluding carboxylic acids is 7. The molecule has 0 heterocycles. The average molecular weight is 547 g/mol. The van der Waals surface area contributed by atoms with E-state index in [1.54, 1.807) is 0 Å². The molecule has 0 rings (SSSR count). The van der Waals surface area contributed by atoms with Crippen molar-refractivity contribution >= 4 is 47.3 Å². The van der Waals surface area contributed by atoms with E-state index in [-0.39, 0.29) is 25.7 Å². The Balaban J connectivity index is 5.01. The van der Waals surface area contributed by atoms with Crippen molar-refractivity contribution in [1.29, 1.82) is 0 Å². The van der Waals surface area contributed by atoms with Crippen molar-refractivity contribution in [2.75, 3.05) is 19.7 Å². The molecule has 0 saturated heterocycles. The zero-order chi connectivity index (χ0) is 29.4. The van der Waals surface area contributed by atoms with Crippen LogP contribution in [0.3, 0.4) is 0 Å². The first-order valence-electron chi connectivity index (χ1n) is 11.3. The molecule has 0 aromatic carbocycles. The van der Waals surface area contributed by atoms with Crippen LogP contribution in [0, 0.1) is 0 Å². The minimum Gasteiger partial charge on any atom is -0.480 e. The largest absolute Gasteiger partial charge is 0.480 e. The monoisotopic (exact) mass is 546 g/mol. The van der Waals surface area contributed by atoms with Crippen LogP contribution < -0.4 is 43.8 Å². The Kier molecular flexibility index (Phi) is 15.2. The number of aliphatic hydroxyl groups is 1. The van der Waals surface area contributed by atoms with Crippen LogP contribution in [0.25, 0.3) is 0 Å². The molecule has 0 aliphatic carbocycles. The van der Waals surface area contributed by atoms with Crippen molar-refractivity contribution in [3.05, 3.63) is 0 Å². The average Bonchev–Trinajstić information content (AvgIpc) is 2.83. The molecule has 0 unspecified atom stereocenters. The summed E-state index contributed by atoms with van der Waals surface area (Å²) in [5.74, 6) is -7.42. The quantitative estimate of drug-likeness (QED) is 0.0770. The van der Waals surface area contributed by atoms with E-state index in [4.69, 9.17) is 22.3 Å². The fraction of sp³-hybridized carbons (Fsp3) is 0.600. The Labute approximate surface area is 216 Å². The van der Waals surface area contributed by atoms with Crippen LogP contribution in [0.4, 0.5) is 0 Å². The molecule has 7 amide bonds. The van der Waals surface area contributed by atoms with Crippen molar-refractivity contribution in [3.8, 4) is 0 Å². The Morgan fingerprint density at radius 1 is 0.684 bits per heavy atom. The van der Waals surface area contributed by atoms with E-state index in [0.29, 0.717) is 0 Å². The maximum Gasteiger partial charge on any atom is 0.326 e. The van der Waals surface area contributed by atoms with Gasteiger partial charge in [-0.25, -0.2) is 4.79 Å². The lowest BCUT2D eigenvalue weighted by atomic mass is 10.1. The third kappa shape index (κ3) is 14.3. The predicted octanol–water partition coefficient (Wildman–Crippen LogP) is -6.37. The van der Waals surface area contributed by atoms with E-state index in [2.05, 4.69) is 21.3 Å². The van der Waals surface area contributed by atoms with Crippen LogP contribution in [0.5, 0.6) is 0 Å². The maximum absolute atomic E-state index is 12.5. The van der Waals surface area contributed by atoms with E-state index >= 15 is 0 Å². The molecule has 38 heavy (non-hydrogen) atoms. The van der Waals surface area contributed by atoms with Gasteiger partial charge in [0.1, 0.15) is 18.1 Å². The lowest BCUT2D eigenvalue weighted by Gasteiger charge is -2.21. The van der Waals surface area contributed by atoms with Gasteiger partial charge in [0.25, 0.3) is 0 Å². The van der Waals surface area contributed by atoms with Gasteiger partial charge in [0.2, 0.25) is 41.4 Å². The lowest BCUT2D eigenvalue weighted by molar-refractivity contribution is -0.142. The SMILES string of the molecule is C[C@H](N)C(=O)NCC(=O)N[C@@H](CCC(N)=O)C(=O)NCC(=O)N[C@@H](CO)C(=O)N[C@@H](CCC(N)=O)C(=O)O. The number of nitrogens with one attached hydrogen (secondary N) is 5. The molecule has 0 aromatic heterocycles. The summed E-state index contributed by atoms with van der Waals surface area (Å²) >= 11 is 0. The third-order valence-electron chi connectivity index (χ3n) is 4.72. The van der Waals surface area contributed by atoms with Crippen LogP contribution in [0.2, 0.25) is 0 Å². The molecule has 0 spiro atoms. The molecule has 18 heteroatoms. The van der Waals surface area contributed by atoms with Crippen LogP contribution in [0.1, 0.15) is 32.6 Å². The highest BCUT2D eigenvalue weighted by Crippen LogP contribution is 2.00. The number of carboxylic acid groups (broad SMARTS) is 1. The highest BCUT2D eigenvalue weighted by molar-refractivity contribution is 5.94. The van der Waals surface area contributed by atoms with Gasteiger partial charge in [-0.3, -0.25) is 33.6 Å². The lowest BCUT2D eigenvalue weighted by Crippen LogP contribution is -2.55. The standard InChI is InChI=1S/C20H34N8O10/c1-9(21)17(34)24-6-15(32)26-10(2-4-13(22)30)18(35)25-7-16(33)27-12(8-29)19(36)28-11(20(37)38)3-5-14(23)31/h9-12,29H,2-8,21H2,1H3,(H2,22,30)(H2,23,31)(H,24,34)(H,25,35)(H,26,32)(H,27,33)(H,28,36)(H,37,38)/t9-,10-,11-,12-/m0/s1. The van der Waals surface area contributed by atoms with E-state index in [0.717, 1.165) is 0 Å². The second kappa shape index (κ2) is 17.2. The molecule has 0 bridgehead atoms. The van der Waals surface area contributed by atoms with E-state index in [1.165, 1.54) is 6.92 Å². The number of rotatable bonds is 18. The zero-order valence-electron chi connectivity index (χ0n) is 20.7. The summed E-state index contributed by atoms with van der Waals surface area (Å²) < 4.78 is 0. The molecule has 0 aliphatic rings. The number of hydrogen-bond acceptors (Lipinski definition) is 10. The molecule has 13 N–H and O–H groups in total. The number of amides is 7. The first-order chi connectivity index (χ1) is 17.7. The fourth-order valence-electron chi connectivity index (χ4n) is 2.68. The number of nitrogens with two attached hydrogens (primary N) is 3. The Morgan fingerprint density at radius 3 is 1.55 bits per heavy atom. The third-order valence-corrected chi connectivity index (χ3v) is 4.72. The molecule has 0 fully saturated rings. The maximum atomic E-state index is 12.5. The van der Waals surface area contributed by atoms with Gasteiger partial charge >= 0.3 is 5.97 Å². The zero-order valence-corrected chi connectivity index (χ0v) is 20.7. The molecule has 214 valence electrons. The first kappa shape index (κ1) is 33.7. The summed E-state index contributed by atoms with van der Waals surface area (Å²) in [7, 11) is 0. The second-order valence-electron chi connectivity index (χ2n) is 8.06. The minimum atomic E-state index is -1.60. The minimum absolute atomic E-state index is 0.237. The van der Waals surface area contributed by atoms with Gasteiger partial charge in [-0.15, -0.1) is 0 Å². The van der Waals surface area contributed by atoms with Gasteiger partial charge in [-0.2, -0.15) is 0 Å². The smallest absolute Gasteiger partial charge is 0.326 e. The van der Waals surface area contributed by atoms with Gasteiger partial charge in [-0.05, 0) is 19.8 Å². The molecule has 18 nitrogen and oxygen atoms in total. The normalized spacial score (nSPS) is 13.6. The summed E-state index contributed by atoms with van der Waals surface area (Å²) in [6, 6.07) is -5.33. The topological polar surface area (TPSA) is 315 Å². The number of aliphatic carboxylic acids is 1. The van der Waals surface area contributed by atoms with Crippen LogP contribution >= 0.6 is 0 Å². The molecular weight excluding hydrogens is 512 g/mol. The van der Waals surface area contributed by atoms with E-state index < -0.39 is 91.2 Å². The molecule has 0 radical (unpaired) electrons. The number of hydrogen-bond donors (Lipinski definition) is 10. The Morgan fingerprint density at radius 2 is 1.13 bits per heavy atom. The molecule has 4 atom stereocenters. The van der Waals surface area contributed by atoms with Gasteiger partial charge in [0.15, 0.2) is 0 Å². The highest BCUT2D eigenvalue weighted by atomic mass is 16.4. The number of carboxylic acids is 1. The van der Waals surface area contributed by atoms with Crippen molar-refractivity contribution < 1.29 is 48.6 Å². The summed E-state index contributed by atoms with van der Waals surface area (Å²) in [6.45, 7) is -0.804. The molecule has 0 aromatic rings. The van der Waals surface area contributed by atoms with Crippen LogP contribution in [-0.4, -0.2) is 101 Å². The Bertz CT molecular complexity index is 910. The van der Waals surface area contributed by atoms with Gasteiger partial charge in [-0.1, -0.05) is 0 Å². The Hall–Kier alpha value is -4.32. The second-order valence-corrected chi connectivity index (χ2v) is 8.06. The number of primary amides is 2. The number of carbonyl (C=O) groups is 8. The summed E-state index contributed by atoms with van der Waals surface area (Å²) in [6.07, 6.45) is -1.21.